The average molecular weight is 151 g/mol. The van der Waals surface area contributed by atoms with Crippen LogP contribution in [-0.2, 0) is 6.54 Å². The van der Waals surface area contributed by atoms with Crippen molar-refractivity contribution in [3.05, 3.63) is 11.9 Å². The highest BCUT2D eigenvalue weighted by molar-refractivity contribution is 5.08. The second-order valence-electron chi connectivity index (χ2n) is 3.14. The summed E-state index contributed by atoms with van der Waals surface area (Å²) in [6.07, 6.45) is 5.64. The van der Waals surface area contributed by atoms with Gasteiger partial charge in [0.25, 0.3) is 0 Å². The molecule has 60 valence electrons. The normalized spacial score (nSPS) is 17.2. The lowest BCUT2D eigenvalue weighted by atomic mass is 10.3. The third-order valence-electron chi connectivity index (χ3n) is 1.97. The van der Waals surface area contributed by atoms with E-state index in [0.717, 1.165) is 18.9 Å². The second kappa shape index (κ2) is 2.64. The van der Waals surface area contributed by atoms with Gasteiger partial charge in [0.1, 0.15) is 0 Å². The average Bonchev–Trinajstić information content (AvgIpc) is 2.75. The second-order valence-corrected chi connectivity index (χ2v) is 3.14. The Morgan fingerprint density at radius 1 is 1.64 bits per heavy atom. The predicted molar refractivity (Wildman–Crippen MR) is 42.3 cm³/mol. The van der Waals surface area contributed by atoms with Gasteiger partial charge in [-0.15, -0.1) is 0 Å². The van der Waals surface area contributed by atoms with Crippen molar-refractivity contribution in [1.82, 2.24) is 15.0 Å². The van der Waals surface area contributed by atoms with Crippen LogP contribution in [0.1, 0.15) is 37.8 Å². The monoisotopic (exact) mass is 151 g/mol. The van der Waals surface area contributed by atoms with Crippen LogP contribution in [0.5, 0.6) is 0 Å². The molecule has 0 radical (unpaired) electrons. The molecule has 11 heavy (non-hydrogen) atoms. The number of nitrogens with zero attached hydrogens (tertiary/aromatic N) is 3. The van der Waals surface area contributed by atoms with Crippen molar-refractivity contribution >= 4 is 0 Å². The van der Waals surface area contributed by atoms with Gasteiger partial charge in [0.15, 0.2) is 0 Å². The van der Waals surface area contributed by atoms with E-state index < -0.39 is 0 Å². The lowest BCUT2D eigenvalue weighted by Crippen LogP contribution is -2.00. The molecule has 3 nitrogen and oxygen atoms in total. The quantitative estimate of drug-likeness (QED) is 0.656. The van der Waals surface area contributed by atoms with Gasteiger partial charge in [-0.1, -0.05) is 6.92 Å². The molecular weight excluding hydrogens is 138 g/mol. The molecule has 0 unspecified atom stereocenters. The SMILES string of the molecule is CCCn1ncc(C2CC2)n1. The van der Waals surface area contributed by atoms with Gasteiger partial charge < -0.3 is 0 Å². The smallest absolute Gasteiger partial charge is 0.0858 e. The van der Waals surface area contributed by atoms with E-state index in [1.807, 2.05) is 6.20 Å². The van der Waals surface area contributed by atoms with E-state index in [-0.39, 0.29) is 0 Å². The van der Waals surface area contributed by atoms with Crippen molar-refractivity contribution in [1.29, 1.82) is 0 Å². The van der Waals surface area contributed by atoms with Gasteiger partial charge in [-0.2, -0.15) is 15.0 Å². The summed E-state index contributed by atoms with van der Waals surface area (Å²) in [6.45, 7) is 3.09. The molecule has 0 aliphatic heterocycles. The van der Waals surface area contributed by atoms with Crippen molar-refractivity contribution in [3.8, 4) is 0 Å². The molecule has 1 aliphatic rings. The Kier molecular flexibility index (Phi) is 1.64. The van der Waals surface area contributed by atoms with E-state index in [2.05, 4.69) is 17.1 Å². The van der Waals surface area contributed by atoms with Gasteiger partial charge in [-0.25, -0.2) is 0 Å². The van der Waals surface area contributed by atoms with Crippen molar-refractivity contribution < 1.29 is 0 Å². The van der Waals surface area contributed by atoms with Gasteiger partial charge in [0, 0.05) is 5.92 Å². The summed E-state index contributed by atoms with van der Waals surface area (Å²) in [6, 6.07) is 0. The van der Waals surface area contributed by atoms with E-state index in [1.165, 1.54) is 18.5 Å². The zero-order chi connectivity index (χ0) is 7.68. The van der Waals surface area contributed by atoms with Crippen LogP contribution in [0.25, 0.3) is 0 Å². The fourth-order valence-corrected chi connectivity index (χ4v) is 1.18. The molecule has 0 bridgehead atoms. The van der Waals surface area contributed by atoms with E-state index >= 15 is 0 Å². The number of hydrogen-bond donors (Lipinski definition) is 0. The molecule has 0 atom stereocenters. The van der Waals surface area contributed by atoms with Gasteiger partial charge >= 0.3 is 0 Å². The summed E-state index contributed by atoms with van der Waals surface area (Å²) in [7, 11) is 0. The fraction of sp³-hybridized carbons (Fsp3) is 0.750. The first-order chi connectivity index (χ1) is 5.40. The van der Waals surface area contributed by atoms with Crippen molar-refractivity contribution in [2.24, 2.45) is 0 Å². The molecular formula is C8H13N3. The molecule has 1 saturated carbocycles. The summed E-state index contributed by atoms with van der Waals surface area (Å²) < 4.78 is 0. The fourth-order valence-electron chi connectivity index (χ4n) is 1.18. The summed E-state index contributed by atoms with van der Waals surface area (Å²) in [5.41, 5.74) is 1.19. The van der Waals surface area contributed by atoms with Crippen LogP contribution in [0, 0.1) is 0 Å². The minimum atomic E-state index is 0.737. The Bertz CT molecular complexity index is 237. The lowest BCUT2D eigenvalue weighted by Gasteiger charge is -1.92. The van der Waals surface area contributed by atoms with Crippen molar-refractivity contribution in [2.45, 2.75) is 38.6 Å². The van der Waals surface area contributed by atoms with Crippen LogP contribution in [-0.4, -0.2) is 15.0 Å². The van der Waals surface area contributed by atoms with E-state index in [4.69, 9.17) is 0 Å². The zero-order valence-corrected chi connectivity index (χ0v) is 6.82. The van der Waals surface area contributed by atoms with Crippen LogP contribution in [0.3, 0.4) is 0 Å². The Morgan fingerprint density at radius 3 is 3.09 bits per heavy atom. The molecule has 1 fully saturated rings. The molecule has 0 amide bonds. The highest BCUT2D eigenvalue weighted by Crippen LogP contribution is 2.38. The maximum absolute atomic E-state index is 4.37. The molecule has 1 heterocycles. The third kappa shape index (κ3) is 1.42. The maximum Gasteiger partial charge on any atom is 0.0858 e. The molecule has 0 aromatic carbocycles. The van der Waals surface area contributed by atoms with Gasteiger partial charge in [-0.05, 0) is 19.3 Å². The molecule has 0 spiro atoms. The Labute approximate surface area is 66.4 Å². The van der Waals surface area contributed by atoms with Gasteiger partial charge in [0.05, 0.1) is 18.4 Å². The highest BCUT2D eigenvalue weighted by atomic mass is 15.5. The Balaban J connectivity index is 2.06. The molecule has 1 aromatic rings. The molecule has 2 rings (SSSR count). The van der Waals surface area contributed by atoms with E-state index in [1.54, 1.807) is 4.80 Å². The summed E-state index contributed by atoms with van der Waals surface area (Å²) in [4.78, 5) is 1.80. The first-order valence-electron chi connectivity index (χ1n) is 4.30. The largest absolute Gasteiger partial charge is 0.185 e. The number of rotatable bonds is 3. The first-order valence-corrected chi connectivity index (χ1v) is 4.30. The summed E-state index contributed by atoms with van der Waals surface area (Å²) >= 11 is 0. The van der Waals surface area contributed by atoms with Crippen LogP contribution in [0.4, 0.5) is 0 Å². The standard InChI is InChI=1S/C8H13N3/c1-2-5-11-9-6-8(10-11)7-3-4-7/h6-7H,2-5H2,1H3. The third-order valence-corrected chi connectivity index (χ3v) is 1.97. The molecule has 0 N–H and O–H groups in total. The van der Waals surface area contributed by atoms with Crippen molar-refractivity contribution in [3.63, 3.8) is 0 Å². The number of aryl methyl sites for hydroxylation is 1. The number of aromatic nitrogens is 3. The van der Waals surface area contributed by atoms with Gasteiger partial charge in [-0.3, -0.25) is 0 Å². The molecule has 1 aliphatic carbocycles. The molecule has 1 aromatic heterocycles. The molecule has 0 saturated heterocycles. The summed E-state index contributed by atoms with van der Waals surface area (Å²) in [5, 5.41) is 8.54. The minimum absolute atomic E-state index is 0.737. The van der Waals surface area contributed by atoms with Crippen molar-refractivity contribution in [2.75, 3.05) is 0 Å². The zero-order valence-electron chi connectivity index (χ0n) is 6.82. The van der Waals surface area contributed by atoms with E-state index in [9.17, 15) is 0 Å². The highest BCUT2D eigenvalue weighted by Gasteiger charge is 2.26. The maximum atomic E-state index is 4.37. The first kappa shape index (κ1) is 6.83. The van der Waals surface area contributed by atoms with Crippen LogP contribution >= 0.6 is 0 Å². The number of hydrogen-bond acceptors (Lipinski definition) is 2. The lowest BCUT2D eigenvalue weighted by molar-refractivity contribution is 0.524. The topological polar surface area (TPSA) is 30.7 Å². The van der Waals surface area contributed by atoms with Gasteiger partial charge in [0.2, 0.25) is 0 Å². The Morgan fingerprint density at radius 2 is 2.45 bits per heavy atom. The minimum Gasteiger partial charge on any atom is -0.185 e. The van der Waals surface area contributed by atoms with Crippen LogP contribution in [0.2, 0.25) is 0 Å². The predicted octanol–water partition coefficient (Wildman–Crippen LogP) is 1.57. The van der Waals surface area contributed by atoms with Crippen LogP contribution < -0.4 is 0 Å². The van der Waals surface area contributed by atoms with Crippen LogP contribution in [0.15, 0.2) is 6.20 Å². The summed E-state index contributed by atoms with van der Waals surface area (Å²) in [5.74, 6) is 0.737. The molecule has 3 heteroatoms. The Hall–Kier alpha value is -0.860. The van der Waals surface area contributed by atoms with E-state index in [0.29, 0.717) is 0 Å².